The average molecular weight is 425 g/mol. The predicted octanol–water partition coefficient (Wildman–Crippen LogP) is 3.96. The molecule has 0 fully saturated rings. The van der Waals surface area contributed by atoms with E-state index >= 15 is 0 Å². The predicted molar refractivity (Wildman–Crippen MR) is 115 cm³/mol. The van der Waals surface area contributed by atoms with E-state index in [-0.39, 0.29) is 18.5 Å². The van der Waals surface area contributed by atoms with Crippen LogP contribution in [0.4, 0.5) is 0 Å². The highest BCUT2D eigenvalue weighted by atomic mass is 16.5. The van der Waals surface area contributed by atoms with Gasteiger partial charge in [0.2, 0.25) is 11.7 Å². The minimum absolute atomic E-state index is 0.0780. The van der Waals surface area contributed by atoms with Crippen LogP contribution in [-0.4, -0.2) is 47.3 Å². The van der Waals surface area contributed by atoms with Crippen LogP contribution in [0.2, 0.25) is 0 Å². The van der Waals surface area contributed by atoms with E-state index in [0.29, 0.717) is 29.0 Å². The first-order chi connectivity index (χ1) is 14.9. The summed E-state index contributed by atoms with van der Waals surface area (Å²) < 4.78 is 21.8. The monoisotopic (exact) mass is 425 g/mol. The van der Waals surface area contributed by atoms with Gasteiger partial charge in [0, 0.05) is 11.6 Å². The van der Waals surface area contributed by atoms with Crippen LogP contribution < -0.4 is 14.2 Å². The molecule has 1 atom stereocenters. The molecule has 0 aliphatic carbocycles. The van der Waals surface area contributed by atoms with E-state index in [1.807, 2.05) is 50.2 Å². The van der Waals surface area contributed by atoms with E-state index in [4.69, 9.17) is 18.7 Å². The first-order valence-electron chi connectivity index (χ1n) is 10.00. The average Bonchev–Trinajstić information content (AvgIpc) is 3.25. The molecule has 0 N–H and O–H groups in total. The second kappa shape index (κ2) is 9.97. The Labute approximate surface area is 181 Å². The Hall–Kier alpha value is -3.55. The Morgan fingerprint density at radius 2 is 1.74 bits per heavy atom. The van der Waals surface area contributed by atoms with E-state index in [2.05, 4.69) is 10.1 Å². The molecule has 1 amide bonds. The maximum atomic E-state index is 13.0. The number of para-hydroxylation sites is 1. The molecule has 31 heavy (non-hydrogen) atoms. The van der Waals surface area contributed by atoms with Crippen LogP contribution in [0.5, 0.6) is 17.2 Å². The highest BCUT2D eigenvalue weighted by molar-refractivity contribution is 5.81. The lowest BCUT2D eigenvalue weighted by Crippen LogP contribution is -2.43. The third-order valence-corrected chi connectivity index (χ3v) is 4.73. The maximum Gasteiger partial charge on any atom is 0.264 e. The topological polar surface area (TPSA) is 86.9 Å². The summed E-state index contributed by atoms with van der Waals surface area (Å²) in [5, 5.41) is 4.05. The highest BCUT2D eigenvalue weighted by Crippen LogP contribution is 2.31. The molecule has 0 aliphatic rings. The third kappa shape index (κ3) is 5.33. The van der Waals surface area contributed by atoms with Crippen LogP contribution >= 0.6 is 0 Å². The van der Waals surface area contributed by atoms with Crippen molar-refractivity contribution >= 4 is 5.91 Å². The molecule has 2 aromatic carbocycles. The highest BCUT2D eigenvalue weighted by Gasteiger charge is 2.26. The van der Waals surface area contributed by atoms with Crippen molar-refractivity contribution in [2.75, 3.05) is 14.2 Å². The Kier molecular flexibility index (Phi) is 7.12. The summed E-state index contributed by atoms with van der Waals surface area (Å²) in [6.07, 6.45) is -0.655. The second-order valence-corrected chi connectivity index (χ2v) is 7.21. The first kappa shape index (κ1) is 22.1. The Morgan fingerprint density at radius 1 is 1.03 bits per heavy atom. The summed E-state index contributed by atoms with van der Waals surface area (Å²) in [6, 6.07) is 14.5. The number of nitrogens with zero attached hydrogens (tertiary/aromatic N) is 3. The molecular weight excluding hydrogens is 398 g/mol. The summed E-state index contributed by atoms with van der Waals surface area (Å²) in [5.41, 5.74) is 0.718. The van der Waals surface area contributed by atoms with Gasteiger partial charge < -0.3 is 23.6 Å². The van der Waals surface area contributed by atoms with Gasteiger partial charge in [0.05, 0.1) is 14.2 Å². The van der Waals surface area contributed by atoms with Crippen molar-refractivity contribution < 1.29 is 23.5 Å². The number of methoxy groups -OCH3 is 2. The molecule has 0 saturated carbocycles. The Morgan fingerprint density at radius 3 is 2.39 bits per heavy atom. The second-order valence-electron chi connectivity index (χ2n) is 7.21. The van der Waals surface area contributed by atoms with Crippen molar-refractivity contribution in [1.29, 1.82) is 0 Å². The number of carbonyl (C=O) groups excluding carboxylic acids is 1. The number of hydrogen-bond donors (Lipinski definition) is 0. The SMILES string of the molecule is COc1ccc(-c2noc(CN(C(=O)[C@@H](C)Oc3ccccc3)C(C)C)n2)cc1OC. The number of amides is 1. The van der Waals surface area contributed by atoms with Gasteiger partial charge >= 0.3 is 0 Å². The van der Waals surface area contributed by atoms with Crippen molar-refractivity contribution in [1.82, 2.24) is 15.0 Å². The summed E-state index contributed by atoms with van der Waals surface area (Å²) in [4.78, 5) is 19.1. The van der Waals surface area contributed by atoms with Crippen molar-refractivity contribution in [2.24, 2.45) is 0 Å². The van der Waals surface area contributed by atoms with Crippen LogP contribution in [-0.2, 0) is 11.3 Å². The number of hydrogen-bond acceptors (Lipinski definition) is 7. The van der Waals surface area contributed by atoms with E-state index < -0.39 is 6.10 Å². The minimum atomic E-state index is -0.655. The molecular formula is C23H27N3O5. The van der Waals surface area contributed by atoms with Crippen molar-refractivity contribution in [3.8, 4) is 28.6 Å². The zero-order valence-corrected chi connectivity index (χ0v) is 18.4. The number of ether oxygens (including phenoxy) is 3. The van der Waals surface area contributed by atoms with E-state index in [1.165, 1.54) is 0 Å². The van der Waals surface area contributed by atoms with Crippen molar-refractivity contribution in [2.45, 2.75) is 39.5 Å². The minimum Gasteiger partial charge on any atom is -0.493 e. The molecule has 0 bridgehead atoms. The van der Waals surface area contributed by atoms with E-state index in [1.54, 1.807) is 38.2 Å². The summed E-state index contributed by atoms with van der Waals surface area (Å²) in [5.74, 6) is 2.39. The van der Waals surface area contributed by atoms with Crippen molar-refractivity contribution in [3.63, 3.8) is 0 Å². The summed E-state index contributed by atoms with van der Waals surface area (Å²) in [6.45, 7) is 5.77. The Bertz CT molecular complexity index is 1000. The van der Waals surface area contributed by atoms with Gasteiger partial charge in [-0.05, 0) is 51.1 Å². The molecule has 1 heterocycles. The molecule has 8 heteroatoms. The van der Waals surface area contributed by atoms with Crippen LogP contribution in [0.3, 0.4) is 0 Å². The third-order valence-electron chi connectivity index (χ3n) is 4.73. The van der Waals surface area contributed by atoms with Crippen LogP contribution in [0.1, 0.15) is 26.7 Å². The van der Waals surface area contributed by atoms with Gasteiger partial charge in [-0.2, -0.15) is 4.98 Å². The normalized spacial score (nSPS) is 11.8. The van der Waals surface area contributed by atoms with Gasteiger partial charge in [0.1, 0.15) is 12.3 Å². The van der Waals surface area contributed by atoms with Gasteiger partial charge in [0.15, 0.2) is 17.6 Å². The number of aromatic nitrogens is 2. The molecule has 1 aromatic heterocycles. The molecule has 0 spiro atoms. The Balaban J connectivity index is 1.74. The number of carbonyl (C=O) groups is 1. The zero-order valence-electron chi connectivity index (χ0n) is 18.4. The molecule has 0 radical (unpaired) electrons. The number of rotatable bonds is 9. The lowest BCUT2D eigenvalue weighted by molar-refractivity contribution is -0.140. The molecule has 3 rings (SSSR count). The van der Waals surface area contributed by atoms with Gasteiger partial charge in [-0.3, -0.25) is 4.79 Å². The summed E-state index contributed by atoms with van der Waals surface area (Å²) in [7, 11) is 3.14. The summed E-state index contributed by atoms with van der Waals surface area (Å²) >= 11 is 0. The molecule has 0 aliphatic heterocycles. The molecule has 0 saturated heterocycles. The van der Waals surface area contributed by atoms with Crippen LogP contribution in [0, 0.1) is 0 Å². The lowest BCUT2D eigenvalue weighted by atomic mass is 10.2. The van der Waals surface area contributed by atoms with Gasteiger partial charge in [-0.1, -0.05) is 23.4 Å². The molecule has 0 unspecified atom stereocenters. The first-order valence-corrected chi connectivity index (χ1v) is 10.00. The van der Waals surface area contributed by atoms with Crippen LogP contribution in [0.15, 0.2) is 53.1 Å². The zero-order chi connectivity index (χ0) is 22.4. The maximum absolute atomic E-state index is 13.0. The largest absolute Gasteiger partial charge is 0.493 e. The molecule has 164 valence electrons. The molecule has 3 aromatic rings. The van der Waals surface area contributed by atoms with E-state index in [9.17, 15) is 4.79 Å². The smallest absolute Gasteiger partial charge is 0.264 e. The standard InChI is InChI=1S/C23H27N3O5/c1-15(2)26(23(27)16(3)30-18-9-7-6-8-10-18)14-21-24-22(25-31-21)17-11-12-19(28-4)20(13-17)29-5/h6-13,15-16H,14H2,1-5H3/t16-/m1/s1. The molecule has 8 nitrogen and oxygen atoms in total. The fourth-order valence-electron chi connectivity index (χ4n) is 3.06. The number of benzene rings is 2. The van der Waals surface area contributed by atoms with E-state index in [0.717, 1.165) is 5.56 Å². The quantitative estimate of drug-likeness (QED) is 0.513. The fourth-order valence-corrected chi connectivity index (χ4v) is 3.06. The lowest BCUT2D eigenvalue weighted by Gasteiger charge is -2.28. The van der Waals surface area contributed by atoms with Crippen molar-refractivity contribution in [3.05, 3.63) is 54.4 Å². The fraction of sp³-hybridized carbons (Fsp3) is 0.348. The van der Waals surface area contributed by atoms with Crippen LogP contribution in [0.25, 0.3) is 11.4 Å². The van der Waals surface area contributed by atoms with Gasteiger partial charge in [-0.25, -0.2) is 0 Å². The van der Waals surface area contributed by atoms with Gasteiger partial charge in [-0.15, -0.1) is 0 Å². The van der Waals surface area contributed by atoms with Gasteiger partial charge in [0.25, 0.3) is 5.91 Å².